The number of rotatable bonds is 1. The minimum atomic E-state index is -4.31. The number of benzene rings is 1. The minimum Gasteiger partial charge on any atom is -0.256 e. The summed E-state index contributed by atoms with van der Waals surface area (Å²) < 4.78 is 37.3. The zero-order valence-electron chi connectivity index (χ0n) is 8.67. The Morgan fingerprint density at radius 1 is 1.19 bits per heavy atom. The molecule has 0 fully saturated rings. The zero-order valence-corrected chi connectivity index (χ0v) is 8.67. The van der Waals surface area contributed by atoms with Crippen molar-refractivity contribution in [2.45, 2.75) is 19.5 Å². The maximum atomic E-state index is 12.4. The van der Waals surface area contributed by atoms with Gasteiger partial charge in [-0.05, 0) is 30.2 Å². The molecule has 84 valence electrons. The van der Waals surface area contributed by atoms with Gasteiger partial charge in [0.05, 0.1) is 11.1 Å². The van der Waals surface area contributed by atoms with E-state index in [0.717, 1.165) is 29.5 Å². The second-order valence-electron chi connectivity index (χ2n) is 3.60. The van der Waals surface area contributed by atoms with Crippen LogP contribution in [0.2, 0.25) is 0 Å². The van der Waals surface area contributed by atoms with E-state index in [0.29, 0.717) is 5.52 Å². The van der Waals surface area contributed by atoms with Crippen molar-refractivity contribution >= 4 is 10.9 Å². The number of aromatic nitrogens is 1. The maximum absolute atomic E-state index is 12.4. The van der Waals surface area contributed by atoms with Gasteiger partial charge < -0.3 is 0 Å². The van der Waals surface area contributed by atoms with E-state index in [1.54, 1.807) is 6.20 Å². The summed E-state index contributed by atoms with van der Waals surface area (Å²) in [6.07, 6.45) is -1.87. The van der Waals surface area contributed by atoms with Crippen LogP contribution in [0.25, 0.3) is 10.9 Å². The van der Waals surface area contributed by atoms with E-state index in [2.05, 4.69) is 4.98 Å². The van der Waals surface area contributed by atoms with Crippen molar-refractivity contribution in [1.82, 2.24) is 4.98 Å². The smallest absolute Gasteiger partial charge is 0.256 e. The van der Waals surface area contributed by atoms with Crippen molar-refractivity contribution in [2.24, 2.45) is 0 Å². The lowest BCUT2D eigenvalue weighted by Crippen LogP contribution is -2.04. The molecule has 0 bridgehead atoms. The predicted octanol–water partition coefficient (Wildman–Crippen LogP) is 3.82. The summed E-state index contributed by atoms with van der Waals surface area (Å²) in [5.41, 5.74) is 0.746. The highest BCUT2D eigenvalue weighted by Crippen LogP contribution is 2.30. The number of aryl methyl sites for hydroxylation is 1. The maximum Gasteiger partial charge on any atom is 0.416 e. The van der Waals surface area contributed by atoms with Crippen molar-refractivity contribution in [2.75, 3.05) is 0 Å². The molecule has 2 rings (SSSR count). The zero-order chi connectivity index (χ0) is 11.8. The quantitative estimate of drug-likeness (QED) is 0.719. The molecule has 0 amide bonds. The summed E-state index contributed by atoms with van der Waals surface area (Å²) in [5, 5.41) is 0.743. The Morgan fingerprint density at radius 2 is 1.94 bits per heavy atom. The molecule has 1 aromatic heterocycles. The van der Waals surface area contributed by atoms with Crippen molar-refractivity contribution in [1.29, 1.82) is 0 Å². The summed E-state index contributed by atoms with van der Waals surface area (Å²) >= 11 is 0. The number of nitrogens with zero attached hydrogens (tertiary/aromatic N) is 1. The predicted molar refractivity (Wildman–Crippen MR) is 56.1 cm³/mol. The van der Waals surface area contributed by atoms with Crippen LogP contribution in [0.1, 0.15) is 18.1 Å². The first-order valence-electron chi connectivity index (χ1n) is 4.96. The van der Waals surface area contributed by atoms with Gasteiger partial charge in [0.15, 0.2) is 0 Å². The Kier molecular flexibility index (Phi) is 2.58. The van der Waals surface area contributed by atoms with Crippen LogP contribution in [0.4, 0.5) is 13.2 Å². The Bertz CT molecular complexity index is 517. The lowest BCUT2D eigenvalue weighted by Gasteiger charge is -2.07. The Labute approximate surface area is 90.9 Å². The topological polar surface area (TPSA) is 12.9 Å². The molecule has 16 heavy (non-hydrogen) atoms. The molecule has 0 unspecified atom stereocenters. The van der Waals surface area contributed by atoms with Gasteiger partial charge in [0.25, 0.3) is 0 Å². The highest BCUT2D eigenvalue weighted by atomic mass is 19.4. The fraction of sp³-hybridized carbons (Fsp3) is 0.250. The van der Waals surface area contributed by atoms with Gasteiger partial charge in [-0.15, -0.1) is 0 Å². The van der Waals surface area contributed by atoms with E-state index in [1.807, 2.05) is 13.0 Å². The van der Waals surface area contributed by atoms with Crippen LogP contribution in [0, 0.1) is 0 Å². The third kappa shape index (κ3) is 2.01. The summed E-state index contributed by atoms with van der Waals surface area (Å²) in [7, 11) is 0. The van der Waals surface area contributed by atoms with Crippen LogP contribution in [-0.2, 0) is 12.6 Å². The second kappa shape index (κ2) is 3.77. The van der Waals surface area contributed by atoms with Crippen molar-refractivity contribution < 1.29 is 13.2 Å². The second-order valence-corrected chi connectivity index (χ2v) is 3.60. The fourth-order valence-corrected chi connectivity index (χ4v) is 1.54. The van der Waals surface area contributed by atoms with Crippen molar-refractivity contribution in [3.05, 3.63) is 41.6 Å². The van der Waals surface area contributed by atoms with Gasteiger partial charge in [-0.1, -0.05) is 13.0 Å². The van der Waals surface area contributed by atoms with E-state index in [-0.39, 0.29) is 0 Å². The number of hydrogen-bond acceptors (Lipinski definition) is 1. The van der Waals surface area contributed by atoms with Crippen LogP contribution in [0.15, 0.2) is 30.5 Å². The third-order valence-electron chi connectivity index (χ3n) is 2.48. The first-order chi connectivity index (χ1) is 7.50. The van der Waals surface area contributed by atoms with Crippen LogP contribution < -0.4 is 0 Å². The molecule has 0 aliphatic heterocycles. The molecule has 2 aromatic rings. The average molecular weight is 225 g/mol. The normalized spacial score (nSPS) is 12.0. The van der Waals surface area contributed by atoms with Gasteiger partial charge in [-0.3, -0.25) is 4.98 Å². The molecule has 0 aliphatic rings. The highest BCUT2D eigenvalue weighted by molar-refractivity contribution is 5.79. The Morgan fingerprint density at radius 3 is 2.56 bits per heavy atom. The number of pyridine rings is 1. The van der Waals surface area contributed by atoms with Gasteiger partial charge in [-0.2, -0.15) is 13.2 Å². The van der Waals surface area contributed by atoms with Gasteiger partial charge in [-0.25, -0.2) is 0 Å². The molecular weight excluding hydrogens is 215 g/mol. The molecule has 0 saturated heterocycles. The van der Waals surface area contributed by atoms with Gasteiger partial charge in [0.2, 0.25) is 0 Å². The molecular formula is C12H10F3N. The molecule has 0 N–H and O–H groups in total. The van der Waals surface area contributed by atoms with Crippen LogP contribution >= 0.6 is 0 Å². The highest BCUT2D eigenvalue weighted by Gasteiger charge is 2.30. The lowest BCUT2D eigenvalue weighted by molar-refractivity contribution is -0.137. The van der Waals surface area contributed by atoms with Gasteiger partial charge >= 0.3 is 6.18 Å². The van der Waals surface area contributed by atoms with E-state index in [4.69, 9.17) is 0 Å². The van der Waals surface area contributed by atoms with E-state index in [9.17, 15) is 13.2 Å². The van der Waals surface area contributed by atoms with Crippen molar-refractivity contribution in [3.8, 4) is 0 Å². The number of hydrogen-bond donors (Lipinski definition) is 0. The molecule has 0 atom stereocenters. The largest absolute Gasteiger partial charge is 0.416 e. The third-order valence-corrected chi connectivity index (χ3v) is 2.48. The fourth-order valence-electron chi connectivity index (χ4n) is 1.54. The monoisotopic (exact) mass is 225 g/mol. The number of alkyl halides is 3. The molecule has 0 spiro atoms. The standard InChI is InChI=1S/C12H10F3N/c1-2-8-5-9-3-4-10(12(13,14)15)6-11(9)16-7-8/h3-7H,2H2,1H3. The van der Waals surface area contributed by atoms with Crippen molar-refractivity contribution in [3.63, 3.8) is 0 Å². The first kappa shape index (κ1) is 10.9. The SMILES string of the molecule is CCc1cnc2cc(C(F)(F)F)ccc2c1. The molecule has 0 saturated carbocycles. The summed E-state index contributed by atoms with van der Waals surface area (Å²) in [6, 6.07) is 5.49. The molecule has 0 aliphatic carbocycles. The molecule has 1 aromatic carbocycles. The average Bonchev–Trinajstić information content (AvgIpc) is 2.26. The minimum absolute atomic E-state index is 0.382. The summed E-state index contributed by atoms with van der Waals surface area (Å²) in [5.74, 6) is 0. The molecule has 1 nitrogen and oxygen atoms in total. The lowest BCUT2D eigenvalue weighted by atomic mass is 10.1. The summed E-state index contributed by atoms with van der Waals surface area (Å²) in [4.78, 5) is 4.03. The molecule has 1 heterocycles. The molecule has 4 heteroatoms. The van der Waals surface area contributed by atoms with Crippen LogP contribution in [0.3, 0.4) is 0 Å². The van der Waals surface area contributed by atoms with E-state index in [1.165, 1.54) is 6.07 Å². The first-order valence-corrected chi connectivity index (χ1v) is 4.96. The van der Waals surface area contributed by atoms with Gasteiger partial charge in [0, 0.05) is 11.6 Å². The Hall–Kier alpha value is -1.58. The summed E-state index contributed by atoms with van der Waals surface area (Å²) in [6.45, 7) is 1.98. The van der Waals surface area contributed by atoms with Gasteiger partial charge in [0.1, 0.15) is 0 Å². The van der Waals surface area contributed by atoms with E-state index < -0.39 is 11.7 Å². The molecule has 0 radical (unpaired) electrons. The van der Waals surface area contributed by atoms with E-state index >= 15 is 0 Å². The number of fused-ring (bicyclic) bond motifs is 1. The Balaban J connectivity index is 2.56. The van der Waals surface area contributed by atoms with Crippen LogP contribution in [0.5, 0.6) is 0 Å². The number of halogens is 3. The van der Waals surface area contributed by atoms with Crippen LogP contribution in [-0.4, -0.2) is 4.98 Å².